The van der Waals surface area contributed by atoms with E-state index in [1.165, 1.54) is 0 Å². The minimum absolute atomic E-state index is 0. The first-order valence-electron chi connectivity index (χ1n) is 3.40. The Balaban J connectivity index is 0. The van der Waals surface area contributed by atoms with Crippen LogP contribution in [0.4, 0.5) is 0 Å². The summed E-state index contributed by atoms with van der Waals surface area (Å²) in [6, 6.07) is 0. The van der Waals surface area contributed by atoms with Gasteiger partial charge in [0, 0.05) is 0 Å². The van der Waals surface area contributed by atoms with Crippen molar-refractivity contribution in [3.8, 4) is 0 Å². The van der Waals surface area contributed by atoms with Crippen LogP contribution < -0.4 is 5.32 Å². The first kappa shape index (κ1) is 13.8. The summed E-state index contributed by atoms with van der Waals surface area (Å²) in [5.41, 5.74) is -0.444. The van der Waals surface area contributed by atoms with Crippen molar-refractivity contribution < 1.29 is 9.53 Å². The first-order valence-corrected chi connectivity index (χ1v) is 3.40. The van der Waals surface area contributed by atoms with Crippen molar-refractivity contribution in [2.24, 2.45) is 0 Å². The van der Waals surface area contributed by atoms with Gasteiger partial charge in [0.05, 0.1) is 6.34 Å². The summed E-state index contributed by atoms with van der Waals surface area (Å²) in [6.45, 7) is 5.46. The van der Waals surface area contributed by atoms with Gasteiger partial charge in [-0.15, -0.1) is 12.4 Å². The molecule has 0 aromatic carbocycles. The van der Waals surface area contributed by atoms with Crippen molar-refractivity contribution in [1.29, 1.82) is 5.41 Å². The zero-order chi connectivity index (χ0) is 8.91. The van der Waals surface area contributed by atoms with Crippen LogP contribution >= 0.6 is 12.4 Å². The number of carbonyl (C=O) groups excluding carboxylic acids is 1. The van der Waals surface area contributed by atoms with Crippen LogP contribution in [-0.2, 0) is 9.53 Å². The number of ether oxygens (including phenoxy) is 1. The molecule has 0 aromatic heterocycles. The SMILES string of the molecule is CC(C)(C)OC(=O)CNC=N.Cl. The highest BCUT2D eigenvalue weighted by Gasteiger charge is 2.14. The number of nitrogens with one attached hydrogen (secondary N) is 2. The zero-order valence-electron chi connectivity index (χ0n) is 7.51. The topological polar surface area (TPSA) is 62.2 Å². The van der Waals surface area contributed by atoms with Crippen molar-refractivity contribution in [3.05, 3.63) is 0 Å². The van der Waals surface area contributed by atoms with Crippen LogP contribution in [0.25, 0.3) is 0 Å². The predicted octanol–water partition coefficient (Wildman–Crippen LogP) is 0.947. The van der Waals surface area contributed by atoms with E-state index in [1.54, 1.807) is 20.8 Å². The Morgan fingerprint density at radius 1 is 1.58 bits per heavy atom. The summed E-state index contributed by atoms with van der Waals surface area (Å²) in [5.74, 6) is -0.346. The van der Waals surface area contributed by atoms with E-state index in [4.69, 9.17) is 10.1 Å². The Morgan fingerprint density at radius 2 is 2.08 bits per heavy atom. The van der Waals surface area contributed by atoms with Gasteiger partial charge in [0.15, 0.2) is 0 Å². The summed E-state index contributed by atoms with van der Waals surface area (Å²) < 4.78 is 4.93. The maximum absolute atomic E-state index is 10.8. The molecule has 0 amide bonds. The second-order valence-corrected chi connectivity index (χ2v) is 3.11. The molecular formula is C7H15ClN2O2. The van der Waals surface area contributed by atoms with Crippen molar-refractivity contribution in [3.63, 3.8) is 0 Å². The van der Waals surface area contributed by atoms with Crippen molar-refractivity contribution in [2.45, 2.75) is 26.4 Å². The highest BCUT2D eigenvalue weighted by molar-refractivity contribution is 5.85. The van der Waals surface area contributed by atoms with Crippen LogP contribution in [0, 0.1) is 5.41 Å². The van der Waals surface area contributed by atoms with Gasteiger partial charge in [-0.05, 0) is 20.8 Å². The van der Waals surface area contributed by atoms with Gasteiger partial charge in [0.2, 0.25) is 0 Å². The molecule has 0 aliphatic rings. The summed E-state index contributed by atoms with van der Waals surface area (Å²) in [5, 5.41) is 9.02. The second-order valence-electron chi connectivity index (χ2n) is 3.11. The summed E-state index contributed by atoms with van der Waals surface area (Å²) >= 11 is 0. The maximum Gasteiger partial charge on any atom is 0.325 e. The molecule has 0 heterocycles. The molecule has 5 heteroatoms. The molecule has 0 atom stereocenters. The fourth-order valence-corrected chi connectivity index (χ4v) is 0.512. The predicted molar refractivity (Wildman–Crippen MR) is 49.9 cm³/mol. The van der Waals surface area contributed by atoms with Crippen molar-refractivity contribution >= 4 is 24.7 Å². The summed E-state index contributed by atoms with van der Waals surface area (Å²) in [7, 11) is 0. The van der Waals surface area contributed by atoms with E-state index >= 15 is 0 Å². The molecule has 0 spiro atoms. The van der Waals surface area contributed by atoms with E-state index in [-0.39, 0.29) is 24.9 Å². The maximum atomic E-state index is 10.8. The van der Waals surface area contributed by atoms with Crippen LogP contribution in [-0.4, -0.2) is 24.5 Å². The van der Waals surface area contributed by atoms with Crippen molar-refractivity contribution in [2.75, 3.05) is 6.54 Å². The summed E-state index contributed by atoms with van der Waals surface area (Å²) in [4.78, 5) is 10.8. The molecule has 0 saturated carbocycles. The van der Waals surface area contributed by atoms with Gasteiger partial charge in [0.1, 0.15) is 12.1 Å². The molecule has 0 unspecified atom stereocenters. The molecule has 12 heavy (non-hydrogen) atoms. The van der Waals surface area contributed by atoms with Gasteiger partial charge in [-0.1, -0.05) is 0 Å². The molecule has 0 bridgehead atoms. The van der Waals surface area contributed by atoms with Crippen LogP contribution in [0.1, 0.15) is 20.8 Å². The van der Waals surface area contributed by atoms with E-state index in [0.717, 1.165) is 6.34 Å². The lowest BCUT2D eigenvalue weighted by molar-refractivity contribution is -0.153. The number of carbonyl (C=O) groups is 1. The molecule has 0 saturated heterocycles. The molecule has 0 aromatic rings. The first-order chi connectivity index (χ1) is 4.95. The van der Waals surface area contributed by atoms with Crippen LogP contribution in [0.5, 0.6) is 0 Å². The molecule has 0 aliphatic heterocycles. The fourth-order valence-electron chi connectivity index (χ4n) is 0.512. The minimum atomic E-state index is -0.444. The van der Waals surface area contributed by atoms with Crippen LogP contribution in [0.3, 0.4) is 0 Å². The average molecular weight is 195 g/mol. The molecule has 0 radical (unpaired) electrons. The Kier molecular flexibility index (Phi) is 6.70. The highest BCUT2D eigenvalue weighted by Crippen LogP contribution is 2.05. The number of hydrogen-bond donors (Lipinski definition) is 2. The van der Waals surface area contributed by atoms with Gasteiger partial charge in [-0.2, -0.15) is 0 Å². The van der Waals surface area contributed by atoms with Gasteiger partial charge in [-0.3, -0.25) is 10.2 Å². The Morgan fingerprint density at radius 3 is 2.42 bits per heavy atom. The molecule has 72 valence electrons. The standard InChI is InChI=1S/C7H14N2O2.ClH/c1-7(2,3)11-6(10)4-9-5-8;/h5H,4H2,1-3H3,(H2,8,9);1H. The normalized spacial score (nSPS) is 9.58. The monoisotopic (exact) mass is 194 g/mol. The average Bonchev–Trinajstić information content (AvgIpc) is 1.79. The third kappa shape index (κ3) is 9.23. The highest BCUT2D eigenvalue weighted by atomic mass is 35.5. The Hall–Kier alpha value is -0.770. The lowest BCUT2D eigenvalue weighted by atomic mass is 10.2. The fraction of sp³-hybridized carbons (Fsp3) is 0.714. The molecule has 0 fully saturated rings. The second kappa shape index (κ2) is 5.83. The summed E-state index contributed by atoms with van der Waals surface area (Å²) in [6.07, 6.45) is 0.962. The number of esters is 1. The van der Waals surface area contributed by atoms with Crippen LogP contribution in [0.2, 0.25) is 0 Å². The lowest BCUT2D eigenvalue weighted by Crippen LogP contribution is -2.30. The van der Waals surface area contributed by atoms with Gasteiger partial charge < -0.3 is 10.1 Å². The molecule has 4 nitrogen and oxygen atoms in total. The van der Waals surface area contributed by atoms with Gasteiger partial charge in [-0.25, -0.2) is 0 Å². The third-order valence-corrected chi connectivity index (χ3v) is 0.768. The smallest absolute Gasteiger partial charge is 0.325 e. The zero-order valence-corrected chi connectivity index (χ0v) is 8.33. The molecule has 0 rings (SSSR count). The molecule has 2 N–H and O–H groups in total. The van der Waals surface area contributed by atoms with Crippen molar-refractivity contribution in [1.82, 2.24) is 5.32 Å². The third-order valence-electron chi connectivity index (χ3n) is 0.768. The van der Waals surface area contributed by atoms with Gasteiger partial charge in [0.25, 0.3) is 0 Å². The quantitative estimate of drug-likeness (QED) is 0.400. The van der Waals surface area contributed by atoms with E-state index < -0.39 is 5.60 Å². The Labute approximate surface area is 78.6 Å². The molecule has 0 aliphatic carbocycles. The number of rotatable bonds is 3. The largest absolute Gasteiger partial charge is 0.459 e. The minimum Gasteiger partial charge on any atom is -0.459 e. The molecular weight excluding hydrogens is 180 g/mol. The van der Waals surface area contributed by atoms with E-state index in [1.807, 2.05) is 0 Å². The van der Waals surface area contributed by atoms with E-state index in [9.17, 15) is 4.79 Å². The van der Waals surface area contributed by atoms with Crippen LogP contribution in [0.15, 0.2) is 0 Å². The van der Waals surface area contributed by atoms with Gasteiger partial charge >= 0.3 is 5.97 Å². The number of hydrogen-bond acceptors (Lipinski definition) is 3. The lowest BCUT2D eigenvalue weighted by Gasteiger charge is -2.19. The van der Waals surface area contributed by atoms with E-state index in [2.05, 4.69) is 5.32 Å². The Bertz CT molecular complexity index is 154. The van der Waals surface area contributed by atoms with E-state index in [0.29, 0.717) is 0 Å². The number of halogens is 1.